The van der Waals surface area contributed by atoms with Gasteiger partial charge in [-0.15, -0.1) is 21.9 Å². The van der Waals surface area contributed by atoms with Gasteiger partial charge in [0.15, 0.2) is 82.2 Å². The van der Waals surface area contributed by atoms with Crippen LogP contribution in [0.2, 0.25) is 0 Å². The van der Waals surface area contributed by atoms with Crippen molar-refractivity contribution in [3.05, 3.63) is 182 Å². The first kappa shape index (κ1) is 48.1. The van der Waals surface area contributed by atoms with Crippen molar-refractivity contribution in [2.24, 2.45) is 0 Å². The van der Waals surface area contributed by atoms with Gasteiger partial charge in [0.25, 0.3) is 0 Å². The molecule has 0 N–H and O–H groups in total. The smallest absolute Gasteiger partial charge is 0.338 e. The lowest BCUT2D eigenvalue weighted by Crippen LogP contribution is -2.81. The molecule has 0 radical (unpaired) electrons. The second-order valence-corrected chi connectivity index (χ2v) is 12.8. The van der Waals surface area contributed by atoms with Crippen LogP contribution in [0.15, 0.2) is 54.9 Å². The lowest BCUT2D eigenvalue weighted by molar-refractivity contribution is -0.683. The molecule has 0 saturated heterocycles. The van der Waals surface area contributed by atoms with Gasteiger partial charge in [-0.2, -0.15) is 4.57 Å². The van der Waals surface area contributed by atoms with Gasteiger partial charge in [-0.25, -0.2) is 92.6 Å². The Morgan fingerprint density at radius 3 is 0.891 bits per heavy atom. The minimum atomic E-state index is -7.22. The normalized spacial score (nSPS) is 11.4. The van der Waals surface area contributed by atoms with E-state index < -0.39 is 144 Å². The number of aromatic nitrogens is 1. The topological polar surface area (TPSA) is 47.2 Å². The highest BCUT2D eigenvalue weighted by Gasteiger charge is 2.52. The van der Waals surface area contributed by atoms with Crippen LogP contribution >= 0.6 is 0 Å². The summed E-state index contributed by atoms with van der Waals surface area (Å²) >= 11 is 0. The van der Waals surface area contributed by atoms with Crippen LogP contribution in [0.4, 0.5) is 87.8 Å². The van der Waals surface area contributed by atoms with E-state index in [1.54, 1.807) is 41.2 Å². The summed E-state index contributed by atoms with van der Waals surface area (Å²) in [7, 11) is 1.34. The Morgan fingerprint density at radius 1 is 0.391 bits per heavy atom. The molecule has 0 atom stereocenters. The number of pyridine rings is 1. The molecule has 0 amide bonds. The molecule has 6 rings (SSSR count). The fourth-order valence-corrected chi connectivity index (χ4v) is 6.57. The molecule has 25 heteroatoms. The molecule has 6 aromatic rings. The van der Waals surface area contributed by atoms with Gasteiger partial charge >= 0.3 is 5.97 Å². The number of carbonyl (C=O) groups excluding carboxylic acids is 2. The number of halogens is 20. The first-order chi connectivity index (χ1) is 29.9. The maximum Gasteiger partial charge on any atom is 0.338 e. The molecule has 336 valence electrons. The number of ketones is 1. The molecule has 0 fully saturated rings. The number of benzene rings is 5. The van der Waals surface area contributed by atoms with E-state index in [0.717, 1.165) is 0 Å². The minimum absolute atomic E-state index is 0.0245. The predicted molar refractivity (Wildman–Crippen MR) is 178 cm³/mol. The molecule has 0 aliphatic heterocycles. The van der Waals surface area contributed by atoms with Crippen molar-refractivity contribution in [3.8, 4) is 0 Å². The van der Waals surface area contributed by atoms with Gasteiger partial charge < -0.3 is 4.74 Å². The van der Waals surface area contributed by atoms with E-state index in [9.17, 15) is 62.3 Å². The summed E-state index contributed by atoms with van der Waals surface area (Å²) in [4.78, 5) is 23.2. The number of methoxy groups -OCH3 is 1. The molecule has 5 aromatic carbocycles. The Balaban J connectivity index is 0.000000337. The maximum atomic E-state index is 15.4. The number of Topliss-reactive ketones (excluding diaryl/α,β-unsaturated/α-hetero) is 1. The van der Waals surface area contributed by atoms with Crippen LogP contribution in [0.1, 0.15) is 20.7 Å². The number of ether oxygens (including phenoxy) is 1. The van der Waals surface area contributed by atoms with Crippen molar-refractivity contribution in [1.29, 1.82) is 0 Å². The average molecular weight is 935 g/mol. The van der Waals surface area contributed by atoms with Crippen molar-refractivity contribution in [2.75, 3.05) is 7.11 Å². The Morgan fingerprint density at radius 2 is 0.641 bits per heavy atom. The molecule has 1 aromatic heterocycles. The van der Waals surface area contributed by atoms with Crippen LogP contribution in [0, 0.1) is 116 Å². The quantitative estimate of drug-likeness (QED) is 0.0303. The molecule has 0 saturated carbocycles. The molecule has 4 nitrogen and oxygen atoms in total. The molecular weight excluding hydrogens is 921 g/mol. The molecule has 0 aliphatic rings. The van der Waals surface area contributed by atoms with E-state index in [1.165, 1.54) is 7.11 Å². The molecular formula is C39H14BF20NO3. The number of carbonyl (C=O) groups is 2. The highest BCUT2D eigenvalue weighted by atomic mass is 19.2. The summed E-state index contributed by atoms with van der Waals surface area (Å²) in [5.41, 5.74) is -13.2. The first-order valence-corrected chi connectivity index (χ1v) is 16.8. The third-order valence-electron chi connectivity index (χ3n) is 9.44. The number of nitrogens with zero attached hydrogens (tertiary/aromatic N) is 1. The third kappa shape index (κ3) is 7.65. The zero-order valence-corrected chi connectivity index (χ0v) is 30.7. The second-order valence-electron chi connectivity index (χ2n) is 12.8. The zero-order chi connectivity index (χ0) is 48.0. The monoisotopic (exact) mass is 935 g/mol. The SMILES string of the molecule is COC(=O)c1cc[n+](CC(=O)c2ccccc2)cc1.Fc1c(F)c(F)c([B-](c2c(F)c(F)c(F)c(F)c2F)(c2c(F)c(F)c(F)c(F)c2F)c2c(F)c(F)c(F)c(F)c2F)c(F)c1F. The third-order valence-corrected chi connectivity index (χ3v) is 9.44. The molecule has 0 unspecified atom stereocenters. The molecule has 64 heavy (non-hydrogen) atoms. The van der Waals surface area contributed by atoms with Crippen LogP contribution in [0.3, 0.4) is 0 Å². The Bertz CT molecular complexity index is 2500. The summed E-state index contributed by atoms with van der Waals surface area (Å²) in [6.45, 7) is 0.242. The fraction of sp³-hybridized carbons (Fsp3) is 0.0513. The van der Waals surface area contributed by atoms with Crippen LogP contribution in [-0.2, 0) is 11.3 Å². The van der Waals surface area contributed by atoms with Crippen molar-refractivity contribution < 1.29 is 107 Å². The Labute approximate surface area is 342 Å². The van der Waals surface area contributed by atoms with Gasteiger partial charge in [0.05, 0.1) is 12.7 Å². The van der Waals surface area contributed by atoms with Crippen LogP contribution in [-0.4, -0.2) is 25.0 Å². The van der Waals surface area contributed by atoms with Crippen LogP contribution in [0.25, 0.3) is 0 Å². The minimum Gasteiger partial charge on any atom is -0.465 e. The van der Waals surface area contributed by atoms with Crippen LogP contribution in [0.5, 0.6) is 0 Å². The van der Waals surface area contributed by atoms with Crippen molar-refractivity contribution >= 4 is 39.7 Å². The van der Waals surface area contributed by atoms with Crippen molar-refractivity contribution in [2.45, 2.75) is 6.54 Å². The lowest BCUT2D eigenvalue weighted by atomic mass is 9.12. The standard InChI is InChI=1S/C24BF20.C15H14NO3/c26-5-1(6(27)14(35)21(42)13(5)34)25(2-7(28)15(36)22(43)16(37)8(2)29,3-9(30)17(38)23(44)18(39)10(3)31)4-11(32)19(40)24(45)20(41)12(4)33;1-19-15(18)13-7-9-16(10-8-13)11-14(17)12-5-3-2-4-6-12/h;2-10H,11H2,1H3/q-1;+1. The van der Waals surface area contributed by atoms with E-state index in [0.29, 0.717) is 11.1 Å². The summed E-state index contributed by atoms with van der Waals surface area (Å²) in [6, 6.07) is 12.4. The summed E-state index contributed by atoms with van der Waals surface area (Å²) in [5.74, 6) is -71.8. The van der Waals surface area contributed by atoms with E-state index in [2.05, 4.69) is 4.74 Å². The molecule has 0 spiro atoms. The van der Waals surface area contributed by atoms with Gasteiger partial charge in [0.2, 0.25) is 12.3 Å². The van der Waals surface area contributed by atoms with Gasteiger partial charge in [-0.05, 0) is 0 Å². The van der Waals surface area contributed by atoms with Crippen molar-refractivity contribution in [3.63, 3.8) is 0 Å². The predicted octanol–water partition coefficient (Wildman–Crippen LogP) is 7.49. The second kappa shape index (κ2) is 18.0. The Kier molecular flexibility index (Phi) is 13.6. The summed E-state index contributed by atoms with van der Waals surface area (Å²) in [6.07, 6.45) is -3.84. The molecule has 1 heterocycles. The van der Waals surface area contributed by atoms with E-state index in [1.807, 2.05) is 18.2 Å². The first-order valence-electron chi connectivity index (χ1n) is 16.8. The van der Waals surface area contributed by atoms with Crippen molar-refractivity contribution in [1.82, 2.24) is 0 Å². The Hall–Kier alpha value is -6.95. The maximum absolute atomic E-state index is 15.4. The number of hydrogen-bond donors (Lipinski definition) is 0. The lowest BCUT2D eigenvalue weighted by Gasteiger charge is -2.44. The van der Waals surface area contributed by atoms with E-state index in [-0.39, 0.29) is 18.3 Å². The number of hydrogen-bond acceptors (Lipinski definition) is 3. The van der Waals surface area contributed by atoms with Gasteiger partial charge in [0.1, 0.15) is 52.7 Å². The average Bonchev–Trinajstić information content (AvgIpc) is 3.29. The fourth-order valence-electron chi connectivity index (χ4n) is 6.57. The molecule has 0 aliphatic carbocycles. The van der Waals surface area contributed by atoms with Crippen LogP contribution < -0.4 is 26.4 Å². The van der Waals surface area contributed by atoms with Gasteiger partial charge in [-0.3, -0.25) is 4.79 Å². The molecule has 0 bridgehead atoms. The number of rotatable bonds is 8. The largest absolute Gasteiger partial charge is 0.465 e. The highest BCUT2D eigenvalue weighted by molar-refractivity contribution is 7.20. The summed E-state index contributed by atoms with van der Waals surface area (Å²) < 4.78 is 300. The zero-order valence-electron chi connectivity index (χ0n) is 30.7. The van der Waals surface area contributed by atoms with E-state index >= 15 is 35.1 Å². The summed E-state index contributed by atoms with van der Waals surface area (Å²) in [5, 5.41) is 0. The van der Waals surface area contributed by atoms with Gasteiger partial charge in [-0.1, -0.05) is 30.3 Å². The van der Waals surface area contributed by atoms with E-state index in [4.69, 9.17) is 0 Å². The van der Waals surface area contributed by atoms with Gasteiger partial charge in [0, 0.05) is 17.7 Å². The highest BCUT2D eigenvalue weighted by Crippen LogP contribution is 2.30. The number of esters is 1.